The minimum atomic E-state index is -0.0612. The Balaban J connectivity index is 2.02. The number of hydrogen-bond acceptors (Lipinski definition) is 2. The monoisotopic (exact) mass is 335 g/mol. The third kappa shape index (κ3) is 3.81. The highest BCUT2D eigenvalue weighted by atomic mass is 79.9. The third-order valence-electron chi connectivity index (χ3n) is 3.22. The molecule has 0 aliphatic rings. The van der Waals surface area contributed by atoms with E-state index < -0.39 is 0 Å². The van der Waals surface area contributed by atoms with Gasteiger partial charge in [-0.3, -0.25) is 4.79 Å². The van der Waals surface area contributed by atoms with Crippen molar-refractivity contribution < 1.29 is 4.74 Å². The van der Waals surface area contributed by atoms with Crippen molar-refractivity contribution in [2.75, 3.05) is 0 Å². The Morgan fingerprint density at radius 1 is 1.20 bits per heavy atom. The zero-order valence-corrected chi connectivity index (χ0v) is 13.3. The maximum absolute atomic E-state index is 11.9. The van der Waals surface area contributed by atoms with Gasteiger partial charge in [-0.25, -0.2) is 0 Å². The van der Waals surface area contributed by atoms with Crippen molar-refractivity contribution >= 4 is 15.9 Å². The Morgan fingerprint density at radius 2 is 2.00 bits per heavy atom. The molecule has 0 saturated carbocycles. The van der Waals surface area contributed by atoms with Crippen LogP contribution >= 0.6 is 15.9 Å². The summed E-state index contributed by atoms with van der Waals surface area (Å²) in [6.45, 7) is 4.82. The van der Waals surface area contributed by atoms with Crippen LogP contribution < -0.4 is 5.56 Å². The molecular formula is C16H18BrNO2. The highest BCUT2D eigenvalue weighted by molar-refractivity contribution is 9.10. The summed E-state index contributed by atoms with van der Waals surface area (Å²) in [7, 11) is 0. The van der Waals surface area contributed by atoms with E-state index in [1.54, 1.807) is 0 Å². The Bertz CT molecular complexity index is 649. The number of hydrogen-bond donors (Lipinski definition) is 1. The summed E-state index contributed by atoms with van der Waals surface area (Å²) in [5.74, 6) is 0. The molecule has 0 amide bonds. The smallest absolute Gasteiger partial charge is 0.253 e. The lowest BCUT2D eigenvalue weighted by atomic mass is 10.1. The molecule has 1 aromatic heterocycles. The second-order valence-corrected chi connectivity index (χ2v) is 5.67. The van der Waals surface area contributed by atoms with E-state index in [-0.39, 0.29) is 5.56 Å². The van der Waals surface area contributed by atoms with Gasteiger partial charge in [0.05, 0.1) is 13.2 Å². The van der Waals surface area contributed by atoms with Crippen LogP contribution in [0, 0.1) is 6.92 Å². The normalized spacial score (nSPS) is 10.8. The maximum Gasteiger partial charge on any atom is 0.253 e. The Morgan fingerprint density at radius 3 is 2.70 bits per heavy atom. The number of benzene rings is 1. The van der Waals surface area contributed by atoms with E-state index in [0.29, 0.717) is 18.8 Å². The molecule has 0 bridgehead atoms. The molecule has 1 heterocycles. The molecule has 0 spiro atoms. The van der Waals surface area contributed by atoms with E-state index >= 15 is 0 Å². The van der Waals surface area contributed by atoms with Gasteiger partial charge >= 0.3 is 0 Å². The number of halogens is 1. The number of aryl methyl sites for hydroxylation is 2. The van der Waals surface area contributed by atoms with Crippen molar-refractivity contribution in [1.29, 1.82) is 0 Å². The molecule has 4 heteroatoms. The van der Waals surface area contributed by atoms with Crippen LogP contribution in [0.3, 0.4) is 0 Å². The predicted molar refractivity (Wildman–Crippen MR) is 83.8 cm³/mol. The molecule has 20 heavy (non-hydrogen) atoms. The standard InChI is InChI=1S/C16H18BrNO2/c1-3-13-8-14(16(19)18-11(13)2)10-20-9-12-5-4-6-15(17)7-12/h4-8H,3,9-10H2,1-2H3,(H,18,19). The van der Waals surface area contributed by atoms with E-state index in [1.165, 1.54) is 0 Å². The van der Waals surface area contributed by atoms with Crippen molar-refractivity contribution in [1.82, 2.24) is 4.98 Å². The Hall–Kier alpha value is -1.39. The number of nitrogens with one attached hydrogen (secondary N) is 1. The molecule has 0 unspecified atom stereocenters. The van der Waals surface area contributed by atoms with E-state index in [1.807, 2.05) is 37.3 Å². The molecule has 1 aromatic carbocycles. The molecule has 0 atom stereocenters. The largest absolute Gasteiger partial charge is 0.372 e. The van der Waals surface area contributed by atoms with Crippen LogP contribution in [0.15, 0.2) is 39.6 Å². The first-order valence-corrected chi connectivity index (χ1v) is 7.43. The van der Waals surface area contributed by atoms with Gasteiger partial charge in [0, 0.05) is 15.7 Å². The quantitative estimate of drug-likeness (QED) is 0.904. The molecule has 0 aliphatic heterocycles. The molecule has 0 saturated heterocycles. The van der Waals surface area contributed by atoms with Crippen LogP contribution in [-0.2, 0) is 24.4 Å². The number of pyridine rings is 1. The van der Waals surface area contributed by atoms with Crippen LogP contribution in [0.1, 0.15) is 29.3 Å². The van der Waals surface area contributed by atoms with Gasteiger partial charge in [0.15, 0.2) is 0 Å². The van der Waals surface area contributed by atoms with Crippen LogP contribution in [-0.4, -0.2) is 4.98 Å². The van der Waals surface area contributed by atoms with Crippen molar-refractivity contribution in [3.8, 4) is 0 Å². The van der Waals surface area contributed by atoms with Gasteiger partial charge < -0.3 is 9.72 Å². The average molecular weight is 336 g/mol. The zero-order chi connectivity index (χ0) is 14.5. The van der Waals surface area contributed by atoms with E-state index in [4.69, 9.17) is 4.74 Å². The SMILES string of the molecule is CCc1cc(COCc2cccc(Br)c2)c(=O)[nH]c1C. The molecule has 2 rings (SSSR count). The predicted octanol–water partition coefficient (Wildman–Crippen LogP) is 3.73. The van der Waals surface area contributed by atoms with Gasteiger partial charge in [-0.1, -0.05) is 35.0 Å². The summed E-state index contributed by atoms with van der Waals surface area (Å²) >= 11 is 3.43. The summed E-state index contributed by atoms with van der Waals surface area (Å²) in [6, 6.07) is 9.89. The minimum absolute atomic E-state index is 0.0612. The molecule has 0 aliphatic carbocycles. The zero-order valence-electron chi connectivity index (χ0n) is 11.7. The fraction of sp³-hybridized carbons (Fsp3) is 0.312. The number of rotatable bonds is 5. The van der Waals surface area contributed by atoms with Crippen LogP contribution in [0.25, 0.3) is 0 Å². The Kier molecular flexibility index (Phi) is 5.15. The molecule has 1 N–H and O–H groups in total. The summed E-state index contributed by atoms with van der Waals surface area (Å²) < 4.78 is 6.67. The lowest BCUT2D eigenvalue weighted by Crippen LogP contribution is -2.16. The molecular weight excluding hydrogens is 318 g/mol. The van der Waals surface area contributed by atoms with Gasteiger partial charge in [-0.15, -0.1) is 0 Å². The van der Waals surface area contributed by atoms with Gasteiger partial charge in [-0.2, -0.15) is 0 Å². The topological polar surface area (TPSA) is 42.1 Å². The number of H-pyrrole nitrogens is 1. The maximum atomic E-state index is 11.9. The molecule has 3 nitrogen and oxygen atoms in total. The Labute approximate surface area is 127 Å². The van der Waals surface area contributed by atoms with Crippen LogP contribution in [0.5, 0.6) is 0 Å². The second-order valence-electron chi connectivity index (χ2n) is 4.75. The first kappa shape index (κ1) is 15.0. The van der Waals surface area contributed by atoms with Crippen LogP contribution in [0.4, 0.5) is 0 Å². The van der Waals surface area contributed by atoms with Gasteiger partial charge in [0.25, 0.3) is 5.56 Å². The number of aromatic nitrogens is 1. The molecule has 0 fully saturated rings. The van der Waals surface area contributed by atoms with Crippen molar-refractivity contribution in [3.63, 3.8) is 0 Å². The molecule has 2 aromatic rings. The fourth-order valence-electron chi connectivity index (χ4n) is 2.09. The van der Waals surface area contributed by atoms with Crippen molar-refractivity contribution in [2.24, 2.45) is 0 Å². The minimum Gasteiger partial charge on any atom is -0.372 e. The van der Waals surface area contributed by atoms with Crippen LogP contribution in [0.2, 0.25) is 0 Å². The number of aromatic amines is 1. The first-order chi connectivity index (χ1) is 9.60. The summed E-state index contributed by atoms with van der Waals surface area (Å²) in [5.41, 5.74) is 3.80. The van der Waals surface area contributed by atoms with Gasteiger partial charge in [0.2, 0.25) is 0 Å². The van der Waals surface area contributed by atoms with E-state index in [9.17, 15) is 4.79 Å². The highest BCUT2D eigenvalue weighted by Gasteiger charge is 2.05. The van der Waals surface area contributed by atoms with E-state index in [2.05, 4.69) is 27.8 Å². The fourth-order valence-corrected chi connectivity index (χ4v) is 2.54. The second kappa shape index (κ2) is 6.86. The summed E-state index contributed by atoms with van der Waals surface area (Å²) in [5, 5.41) is 0. The number of ether oxygens (including phenoxy) is 1. The highest BCUT2D eigenvalue weighted by Crippen LogP contribution is 2.13. The molecule has 106 valence electrons. The van der Waals surface area contributed by atoms with E-state index in [0.717, 1.165) is 27.7 Å². The lowest BCUT2D eigenvalue weighted by molar-refractivity contribution is 0.106. The van der Waals surface area contributed by atoms with Gasteiger partial charge in [-0.05, 0) is 42.7 Å². The third-order valence-corrected chi connectivity index (χ3v) is 3.71. The summed E-state index contributed by atoms with van der Waals surface area (Å²) in [6.07, 6.45) is 0.904. The van der Waals surface area contributed by atoms with Gasteiger partial charge in [0.1, 0.15) is 0 Å². The lowest BCUT2D eigenvalue weighted by Gasteiger charge is -2.08. The first-order valence-electron chi connectivity index (χ1n) is 6.64. The summed E-state index contributed by atoms with van der Waals surface area (Å²) in [4.78, 5) is 14.7. The van der Waals surface area contributed by atoms with Crippen molar-refractivity contribution in [2.45, 2.75) is 33.5 Å². The average Bonchev–Trinajstić information content (AvgIpc) is 2.41. The van der Waals surface area contributed by atoms with Crippen molar-refractivity contribution in [3.05, 3.63) is 67.5 Å². The molecule has 0 radical (unpaired) electrons.